The van der Waals surface area contributed by atoms with Crippen molar-refractivity contribution in [2.45, 2.75) is 20.0 Å². The lowest BCUT2D eigenvalue weighted by Gasteiger charge is -2.25. The Morgan fingerprint density at radius 3 is 2.86 bits per heavy atom. The zero-order valence-electron chi connectivity index (χ0n) is 12.0. The van der Waals surface area contributed by atoms with E-state index in [-0.39, 0.29) is 5.91 Å². The van der Waals surface area contributed by atoms with Crippen LogP contribution in [-0.2, 0) is 17.9 Å². The van der Waals surface area contributed by atoms with Crippen LogP contribution in [0.3, 0.4) is 0 Å². The number of rotatable bonds is 4. The molecule has 0 spiro atoms. The van der Waals surface area contributed by atoms with E-state index in [9.17, 15) is 4.79 Å². The van der Waals surface area contributed by atoms with Gasteiger partial charge in [0.05, 0.1) is 13.1 Å². The summed E-state index contributed by atoms with van der Waals surface area (Å²) < 4.78 is 1.89. The zero-order valence-corrected chi connectivity index (χ0v) is 12.0. The molecule has 110 valence electrons. The smallest absolute Gasteiger partial charge is 0.234 e. The van der Waals surface area contributed by atoms with Crippen molar-refractivity contribution in [2.24, 2.45) is 0 Å². The summed E-state index contributed by atoms with van der Waals surface area (Å²) in [5.74, 6) is 1.66. The van der Waals surface area contributed by atoms with Gasteiger partial charge in [-0.3, -0.25) is 14.7 Å². The summed E-state index contributed by atoms with van der Waals surface area (Å²) in [5.41, 5.74) is 0.954. The summed E-state index contributed by atoms with van der Waals surface area (Å²) in [4.78, 5) is 22.2. The number of piperazine rings is 1. The Morgan fingerprint density at radius 1 is 1.33 bits per heavy atom. The Balaban J connectivity index is 1.81. The first-order valence-corrected chi connectivity index (χ1v) is 7.09. The maximum absolute atomic E-state index is 11.4. The first kappa shape index (κ1) is 13.7. The van der Waals surface area contributed by atoms with E-state index in [4.69, 9.17) is 0 Å². The fourth-order valence-corrected chi connectivity index (χ4v) is 2.39. The highest BCUT2D eigenvalue weighted by molar-refractivity contribution is 5.78. The number of hydrogen-bond donors (Lipinski definition) is 1. The Hall–Kier alpha value is -2.28. The van der Waals surface area contributed by atoms with E-state index in [1.807, 2.05) is 23.7 Å². The van der Waals surface area contributed by atoms with Gasteiger partial charge in [-0.2, -0.15) is 5.10 Å². The van der Waals surface area contributed by atoms with Gasteiger partial charge in [0.15, 0.2) is 5.82 Å². The number of hydrogen-bond acceptors (Lipinski definition) is 5. The molecule has 1 fully saturated rings. The van der Waals surface area contributed by atoms with Crippen molar-refractivity contribution in [2.75, 3.05) is 19.6 Å². The van der Waals surface area contributed by atoms with Crippen LogP contribution in [0.25, 0.3) is 11.4 Å². The second-order valence-electron chi connectivity index (χ2n) is 4.96. The van der Waals surface area contributed by atoms with Crippen molar-refractivity contribution in [3.05, 3.63) is 30.4 Å². The topological polar surface area (TPSA) is 75.9 Å². The first-order chi connectivity index (χ1) is 10.3. The molecule has 1 N–H and O–H groups in total. The molecule has 1 saturated heterocycles. The van der Waals surface area contributed by atoms with Crippen molar-refractivity contribution in [3.8, 4) is 11.4 Å². The molecule has 0 saturated carbocycles. The van der Waals surface area contributed by atoms with Crippen LogP contribution < -0.4 is 5.32 Å². The van der Waals surface area contributed by atoms with Crippen LogP contribution in [0.15, 0.2) is 24.5 Å². The van der Waals surface area contributed by atoms with Gasteiger partial charge in [0, 0.05) is 37.6 Å². The number of amides is 1. The second-order valence-corrected chi connectivity index (χ2v) is 4.96. The molecule has 21 heavy (non-hydrogen) atoms. The summed E-state index contributed by atoms with van der Waals surface area (Å²) in [7, 11) is 0. The number of aromatic nitrogens is 4. The first-order valence-electron chi connectivity index (χ1n) is 7.09. The maximum Gasteiger partial charge on any atom is 0.234 e. The van der Waals surface area contributed by atoms with Gasteiger partial charge in [0.1, 0.15) is 5.82 Å². The van der Waals surface area contributed by atoms with Gasteiger partial charge in [-0.1, -0.05) is 0 Å². The van der Waals surface area contributed by atoms with Crippen molar-refractivity contribution in [3.63, 3.8) is 0 Å². The minimum Gasteiger partial charge on any atom is -0.354 e. The molecule has 0 aliphatic carbocycles. The molecule has 3 heterocycles. The van der Waals surface area contributed by atoms with Gasteiger partial charge < -0.3 is 5.32 Å². The Bertz CT molecular complexity index is 624. The summed E-state index contributed by atoms with van der Waals surface area (Å²) in [6.07, 6.45) is 3.47. The average molecular weight is 286 g/mol. The van der Waals surface area contributed by atoms with Crippen LogP contribution >= 0.6 is 0 Å². The van der Waals surface area contributed by atoms with Crippen LogP contribution in [-0.4, -0.2) is 50.2 Å². The van der Waals surface area contributed by atoms with Crippen molar-refractivity contribution >= 4 is 5.91 Å². The molecule has 1 aliphatic rings. The lowest BCUT2D eigenvalue weighted by atomic mass is 10.2. The number of nitrogens with zero attached hydrogens (tertiary/aromatic N) is 5. The van der Waals surface area contributed by atoms with Gasteiger partial charge in [0.2, 0.25) is 5.91 Å². The normalized spacial score (nSPS) is 16.0. The third-order valence-electron chi connectivity index (χ3n) is 3.47. The molecule has 7 heteroatoms. The quantitative estimate of drug-likeness (QED) is 0.874. The monoisotopic (exact) mass is 286 g/mol. The minimum atomic E-state index is 0.0678. The Morgan fingerprint density at radius 2 is 2.14 bits per heavy atom. The maximum atomic E-state index is 11.4. The summed E-state index contributed by atoms with van der Waals surface area (Å²) >= 11 is 0. The van der Waals surface area contributed by atoms with E-state index >= 15 is 0 Å². The molecule has 0 unspecified atom stereocenters. The number of nitrogens with one attached hydrogen (secondary N) is 1. The fraction of sp³-hybridized carbons (Fsp3) is 0.429. The number of pyridine rings is 1. The van der Waals surface area contributed by atoms with E-state index in [2.05, 4.69) is 25.3 Å². The predicted octanol–water partition coefficient (Wildman–Crippen LogP) is 0.292. The molecular formula is C14H18N6O. The lowest BCUT2D eigenvalue weighted by Crippen LogP contribution is -2.47. The van der Waals surface area contributed by atoms with Gasteiger partial charge in [-0.15, -0.1) is 0 Å². The molecule has 0 bridgehead atoms. The molecule has 7 nitrogen and oxygen atoms in total. The highest BCUT2D eigenvalue weighted by atomic mass is 16.2. The van der Waals surface area contributed by atoms with Crippen LogP contribution in [0.5, 0.6) is 0 Å². The highest BCUT2D eigenvalue weighted by Crippen LogP contribution is 2.15. The van der Waals surface area contributed by atoms with Crippen LogP contribution in [0.4, 0.5) is 0 Å². The molecule has 2 aromatic rings. The van der Waals surface area contributed by atoms with E-state index in [1.54, 1.807) is 12.4 Å². The van der Waals surface area contributed by atoms with Gasteiger partial charge in [0.25, 0.3) is 0 Å². The van der Waals surface area contributed by atoms with Gasteiger partial charge in [-0.05, 0) is 19.1 Å². The molecular weight excluding hydrogens is 268 g/mol. The molecule has 3 rings (SSSR count). The van der Waals surface area contributed by atoms with E-state index in [0.717, 1.165) is 24.5 Å². The van der Waals surface area contributed by atoms with E-state index in [1.165, 1.54) is 0 Å². The average Bonchev–Trinajstić information content (AvgIpc) is 2.91. The van der Waals surface area contributed by atoms with Crippen LogP contribution in [0.2, 0.25) is 0 Å². The van der Waals surface area contributed by atoms with Gasteiger partial charge in [-0.25, -0.2) is 9.67 Å². The lowest BCUT2D eigenvalue weighted by molar-refractivity contribution is -0.124. The van der Waals surface area contributed by atoms with E-state index in [0.29, 0.717) is 25.5 Å². The zero-order chi connectivity index (χ0) is 14.7. The molecule has 1 aliphatic heterocycles. The number of aryl methyl sites for hydroxylation is 1. The summed E-state index contributed by atoms with van der Waals surface area (Å²) in [5, 5.41) is 7.36. The standard InChI is InChI=1S/C14H18N6O/c1-2-20-12(9-19-8-7-16-13(21)10-19)17-14(18-20)11-3-5-15-6-4-11/h3-6H,2,7-10H2,1H3,(H,16,21). The second kappa shape index (κ2) is 6.01. The van der Waals surface area contributed by atoms with Crippen molar-refractivity contribution in [1.29, 1.82) is 0 Å². The predicted molar refractivity (Wildman–Crippen MR) is 77.2 cm³/mol. The molecule has 0 atom stereocenters. The summed E-state index contributed by atoms with van der Waals surface area (Å²) in [6, 6.07) is 3.79. The third kappa shape index (κ3) is 3.08. The molecule has 2 aromatic heterocycles. The highest BCUT2D eigenvalue weighted by Gasteiger charge is 2.19. The minimum absolute atomic E-state index is 0.0678. The van der Waals surface area contributed by atoms with Crippen molar-refractivity contribution in [1.82, 2.24) is 30.0 Å². The largest absolute Gasteiger partial charge is 0.354 e. The Labute approximate surface area is 123 Å². The van der Waals surface area contributed by atoms with Gasteiger partial charge >= 0.3 is 0 Å². The fourth-order valence-electron chi connectivity index (χ4n) is 2.39. The number of carbonyl (C=O) groups excluding carboxylic acids is 1. The van der Waals surface area contributed by atoms with Crippen molar-refractivity contribution < 1.29 is 4.79 Å². The van der Waals surface area contributed by atoms with Crippen LogP contribution in [0, 0.1) is 0 Å². The SMILES string of the molecule is CCn1nc(-c2ccncc2)nc1CN1CCNC(=O)C1. The van der Waals surface area contributed by atoms with Crippen LogP contribution in [0.1, 0.15) is 12.7 Å². The Kier molecular flexibility index (Phi) is 3.92. The summed E-state index contributed by atoms with van der Waals surface area (Å²) in [6.45, 7) is 5.38. The third-order valence-corrected chi connectivity index (χ3v) is 3.47. The molecule has 1 amide bonds. The van der Waals surface area contributed by atoms with E-state index < -0.39 is 0 Å². The molecule has 0 radical (unpaired) electrons. The number of carbonyl (C=O) groups is 1. The molecule has 0 aromatic carbocycles.